The van der Waals surface area contributed by atoms with Gasteiger partial charge in [-0.3, -0.25) is 29.0 Å². The van der Waals surface area contributed by atoms with Gasteiger partial charge in [0.25, 0.3) is 23.6 Å². The van der Waals surface area contributed by atoms with Crippen LogP contribution in [0.5, 0.6) is 0 Å². The Morgan fingerprint density at radius 1 is 0.250 bits per heavy atom. The number of imide groups is 2. The van der Waals surface area contributed by atoms with Gasteiger partial charge in [0.2, 0.25) is 0 Å². The number of carbonyl (C=O) groups is 4. The number of carbonyl (C=O) groups excluding carboxylic acids is 4. The third-order valence-corrected chi connectivity index (χ3v) is 29.9. The Bertz CT molecular complexity index is 3820. The molecule has 4 aliphatic rings. The second-order valence-electron chi connectivity index (χ2n) is 29.0. The summed E-state index contributed by atoms with van der Waals surface area (Å²) in [6.07, 6.45) is 44.4. The Morgan fingerprint density at radius 3 is 0.704 bits per heavy atom. The molecule has 4 amide bonds. The number of hydrogen-bond acceptors (Lipinski definition) is 18. The molecule has 14 nitrogen and oxygen atoms in total. The summed E-state index contributed by atoms with van der Waals surface area (Å²) in [7, 11) is 0. The average Bonchev–Trinajstić information content (AvgIpc) is 1.62. The van der Waals surface area contributed by atoms with Gasteiger partial charge >= 0.3 is 0 Å². The zero-order chi connectivity index (χ0) is 75.9. The van der Waals surface area contributed by atoms with E-state index in [2.05, 4.69) is 51.5 Å². The summed E-state index contributed by atoms with van der Waals surface area (Å²) in [5.74, 6) is 8.34. The summed E-state index contributed by atoms with van der Waals surface area (Å²) >= 11 is 14.7. The van der Waals surface area contributed by atoms with Crippen molar-refractivity contribution < 1.29 is 19.2 Å². The first kappa shape index (κ1) is 87.8. The molecule has 3 aromatic heterocycles. The number of nitrogens with zero attached hydrogens (tertiary/aromatic N) is 8. The average molecular weight is 1620 g/mol. The summed E-state index contributed by atoms with van der Waals surface area (Å²) in [5.41, 5.74) is 4.55. The molecule has 0 unspecified atom stereocenters. The smallest absolute Gasteiger partial charge is 0.261 e. The SMILES string of the molecule is CCCCCCCCSC1=C(SCCCCCCCC)c2nc1nc1nc(nc3[nH]c(nc4[nH]c(n2)c(SCCCCCCCC)c4SCCCCCCCC)c(SCCCN2C(=O)c4ccccc4C2=O)c3SCCCN2C(=O)c3ccccc3C2=O)C(SCCCCCCCC)=C1SCCCCCCCC. The van der Waals surface area contributed by atoms with E-state index in [0.29, 0.717) is 81.2 Å². The van der Waals surface area contributed by atoms with Crippen LogP contribution >= 0.6 is 94.1 Å². The molecule has 108 heavy (non-hydrogen) atoms. The Labute approximate surface area is 681 Å². The zero-order valence-corrected chi connectivity index (χ0v) is 72.6. The molecule has 0 aliphatic carbocycles. The lowest BCUT2D eigenvalue weighted by Crippen LogP contribution is -2.31. The minimum Gasteiger partial charge on any atom is -0.323 e. The summed E-state index contributed by atoms with van der Waals surface area (Å²) in [6, 6.07) is 14.2. The van der Waals surface area contributed by atoms with Gasteiger partial charge in [-0.2, -0.15) is 0 Å². The molecule has 8 bridgehead atoms. The second-order valence-corrected chi connectivity index (χ2v) is 37.8. The van der Waals surface area contributed by atoms with Crippen molar-refractivity contribution in [1.82, 2.24) is 49.7 Å². The predicted molar refractivity (Wildman–Crippen MR) is 472 cm³/mol. The molecule has 0 saturated carbocycles. The van der Waals surface area contributed by atoms with Crippen molar-refractivity contribution in [3.8, 4) is 0 Å². The van der Waals surface area contributed by atoms with Gasteiger partial charge in [0.1, 0.15) is 22.6 Å². The molecule has 22 heteroatoms. The van der Waals surface area contributed by atoms with E-state index in [1.807, 2.05) is 94.8 Å². The first-order chi connectivity index (χ1) is 53.1. The molecular weight excluding hydrogens is 1490 g/mol. The molecule has 0 saturated heterocycles. The molecule has 2 N–H and O–H groups in total. The first-order valence-corrected chi connectivity index (χ1v) is 49.8. The quantitative estimate of drug-likeness (QED) is 0.0213. The maximum absolute atomic E-state index is 13.9. The fraction of sp³-hybridized carbons (Fsp3) is 0.628. The molecule has 7 heterocycles. The van der Waals surface area contributed by atoms with Crippen molar-refractivity contribution in [2.24, 2.45) is 0 Å². The molecule has 2 aromatic carbocycles. The molecule has 0 radical (unpaired) electrons. The number of rotatable bonds is 58. The van der Waals surface area contributed by atoms with Crippen LogP contribution in [0, 0.1) is 0 Å². The fourth-order valence-corrected chi connectivity index (χ4v) is 23.1. The summed E-state index contributed by atoms with van der Waals surface area (Å²) in [5, 5.41) is 0. The maximum Gasteiger partial charge on any atom is 0.261 e. The Balaban J connectivity index is 1.27. The molecule has 590 valence electrons. The highest BCUT2D eigenvalue weighted by Crippen LogP contribution is 2.49. The molecule has 5 aromatic rings. The van der Waals surface area contributed by atoms with Crippen molar-refractivity contribution in [1.29, 1.82) is 0 Å². The third-order valence-electron chi connectivity index (χ3n) is 20.0. The van der Waals surface area contributed by atoms with E-state index in [0.717, 1.165) is 136 Å². The lowest BCUT2D eigenvalue weighted by molar-refractivity contribution is 0.0639. The minimum atomic E-state index is -0.261. The lowest BCUT2D eigenvalue weighted by Gasteiger charge is -2.14. The first-order valence-electron chi connectivity index (χ1n) is 41.9. The number of thioether (sulfide) groups is 8. The highest BCUT2D eigenvalue weighted by atomic mass is 32.2. The van der Waals surface area contributed by atoms with E-state index in [4.69, 9.17) is 29.9 Å². The summed E-state index contributed by atoms with van der Waals surface area (Å²) < 4.78 is 0. The number of fused-ring (bicyclic) bond motifs is 10. The number of benzene rings is 2. The molecule has 0 fully saturated rings. The van der Waals surface area contributed by atoms with Crippen molar-refractivity contribution in [3.63, 3.8) is 0 Å². The van der Waals surface area contributed by atoms with Crippen LogP contribution in [0.25, 0.3) is 42.2 Å². The van der Waals surface area contributed by atoms with E-state index < -0.39 is 0 Å². The largest absolute Gasteiger partial charge is 0.323 e. The van der Waals surface area contributed by atoms with Crippen LogP contribution in [0.1, 0.15) is 350 Å². The fourth-order valence-electron chi connectivity index (χ4n) is 13.8. The van der Waals surface area contributed by atoms with Crippen LogP contribution in [-0.4, -0.2) is 132 Å². The monoisotopic (exact) mass is 1620 g/mol. The minimum absolute atomic E-state index is 0.257. The number of H-pyrrole nitrogens is 2. The van der Waals surface area contributed by atoms with E-state index in [1.165, 1.54) is 190 Å². The highest BCUT2D eigenvalue weighted by molar-refractivity contribution is 8.14. The lowest BCUT2D eigenvalue weighted by atomic mass is 10.1. The van der Waals surface area contributed by atoms with E-state index in [9.17, 15) is 19.2 Å². The number of aromatic amines is 2. The summed E-state index contributed by atoms with van der Waals surface area (Å²) in [4.78, 5) is 109. The van der Waals surface area contributed by atoms with Gasteiger partial charge < -0.3 is 9.97 Å². The van der Waals surface area contributed by atoms with E-state index in [-0.39, 0.29) is 36.7 Å². The van der Waals surface area contributed by atoms with Gasteiger partial charge in [-0.15, -0.1) is 94.1 Å². The Hall–Kier alpha value is -4.16. The topological polar surface area (TPSA) is 184 Å². The van der Waals surface area contributed by atoms with E-state index >= 15 is 0 Å². The standard InChI is InChI=1S/C86H124N10O4S8/c1-7-13-19-25-31-41-55-101-67-68(102-56-42-32-26-20-14-8-2)76-87-75(67)88-77-69(103-57-43-33-27-21-15-9-3)71(105-59-45-35-29-23-17-11-5)79(90-77)92-81-73(107-61-47-53-95-83(97)63-49-37-38-50-64(63)84(95)98)74(108-62-48-54-96-85(99)65-51-39-40-52-66(65)86(96)100)82(94-81)93-80-72(106-60-46-36-30-24-18-12-6)70(78(89-76)91-80)104-58-44-34-28-22-16-10-4/h37-40,49-52H,7-36,41-48,53-62H2,1-6H3,(H2,87,88,89,90,91,92,93,94). The Morgan fingerprint density at radius 2 is 0.454 bits per heavy atom. The van der Waals surface area contributed by atoms with Gasteiger partial charge in [-0.25, -0.2) is 29.9 Å². The normalized spacial score (nSPS) is 13.6. The van der Waals surface area contributed by atoms with Gasteiger partial charge in [-0.05, 0) is 122 Å². The van der Waals surface area contributed by atoms with Gasteiger partial charge in [-0.1, -0.05) is 258 Å². The zero-order valence-electron chi connectivity index (χ0n) is 66.0. The number of amides is 4. The van der Waals surface area contributed by atoms with Gasteiger partial charge in [0.15, 0.2) is 23.3 Å². The predicted octanol–water partition coefficient (Wildman–Crippen LogP) is 26.4. The van der Waals surface area contributed by atoms with Crippen LogP contribution in [0.15, 0.2) is 68.1 Å². The van der Waals surface area contributed by atoms with Crippen LogP contribution in [0.4, 0.5) is 0 Å². The number of nitrogens with one attached hydrogen (secondary N) is 2. The maximum atomic E-state index is 13.9. The molecule has 0 atom stereocenters. The van der Waals surface area contributed by atoms with Crippen molar-refractivity contribution in [3.05, 3.63) is 94.1 Å². The van der Waals surface area contributed by atoms with Crippen molar-refractivity contribution in [2.45, 2.75) is 305 Å². The second kappa shape index (κ2) is 50.1. The molecular formula is C86H124N10O4S8. The van der Waals surface area contributed by atoms with Crippen LogP contribution in [0.2, 0.25) is 0 Å². The highest BCUT2D eigenvalue weighted by Gasteiger charge is 2.37. The van der Waals surface area contributed by atoms with Crippen molar-refractivity contribution >= 4 is 160 Å². The number of hydrogen-bond donors (Lipinski definition) is 2. The number of aromatic nitrogens is 8. The molecule has 0 spiro atoms. The van der Waals surface area contributed by atoms with E-state index in [1.54, 1.807) is 47.8 Å². The van der Waals surface area contributed by atoms with Crippen LogP contribution in [-0.2, 0) is 0 Å². The Kier molecular flexibility index (Phi) is 40.8. The molecule has 9 rings (SSSR count). The van der Waals surface area contributed by atoms with Crippen LogP contribution < -0.4 is 0 Å². The number of unbranched alkanes of at least 4 members (excludes halogenated alkanes) is 30. The van der Waals surface area contributed by atoms with Gasteiger partial charge in [0, 0.05) is 13.1 Å². The third kappa shape index (κ3) is 26.5. The van der Waals surface area contributed by atoms with Crippen LogP contribution in [0.3, 0.4) is 0 Å². The molecule has 4 aliphatic heterocycles. The van der Waals surface area contributed by atoms with Crippen molar-refractivity contribution in [2.75, 3.05) is 59.1 Å². The summed E-state index contributed by atoms with van der Waals surface area (Å²) in [6.45, 7) is 14.2. The van der Waals surface area contributed by atoms with Gasteiger partial charge in [0.05, 0.1) is 61.5 Å².